The number of carbonyl (C=O) groups excluding carboxylic acids is 2. The maximum absolute atomic E-state index is 12.9. The molecule has 2 amide bonds. The first-order valence-corrected chi connectivity index (χ1v) is 10.3. The third-order valence-electron chi connectivity index (χ3n) is 5.59. The lowest BCUT2D eigenvalue weighted by molar-refractivity contribution is -0.139. The molecule has 1 saturated heterocycles. The fraction of sp³-hybridized carbons (Fsp3) is 0.292. The van der Waals surface area contributed by atoms with Gasteiger partial charge in [0.05, 0.1) is 18.1 Å². The van der Waals surface area contributed by atoms with Crippen molar-refractivity contribution in [3.8, 4) is 22.6 Å². The van der Waals surface area contributed by atoms with Crippen molar-refractivity contribution in [2.75, 3.05) is 39.9 Å². The molecule has 1 aromatic heterocycles. The summed E-state index contributed by atoms with van der Waals surface area (Å²) in [5.74, 6) is 1.01. The Hall–Kier alpha value is -3.81. The van der Waals surface area contributed by atoms with Crippen LogP contribution in [0.5, 0.6) is 11.5 Å². The molecular weight excluding hydrogens is 412 g/mol. The number of nitrogens with zero attached hydrogens (tertiary/aromatic N) is 2. The fourth-order valence-corrected chi connectivity index (χ4v) is 3.68. The average Bonchev–Trinajstić information content (AvgIpc) is 2.83. The van der Waals surface area contributed by atoms with E-state index in [1.807, 2.05) is 0 Å². The first-order valence-electron chi connectivity index (χ1n) is 10.3. The lowest BCUT2D eigenvalue weighted by atomic mass is 10.1. The number of benzene rings is 2. The molecule has 0 atom stereocenters. The molecule has 0 bridgehead atoms. The van der Waals surface area contributed by atoms with Crippen LogP contribution in [0.15, 0.2) is 57.9 Å². The maximum atomic E-state index is 12.9. The molecule has 8 heteroatoms. The van der Waals surface area contributed by atoms with E-state index in [-0.39, 0.29) is 23.9 Å². The van der Waals surface area contributed by atoms with Crippen LogP contribution in [0, 0.1) is 0 Å². The molecule has 0 saturated carbocycles. The quantitative estimate of drug-likeness (QED) is 0.611. The van der Waals surface area contributed by atoms with Crippen molar-refractivity contribution in [3.63, 3.8) is 0 Å². The Bertz CT molecular complexity index is 1190. The number of fused-ring (bicyclic) bond motifs is 1. The molecular formula is C24H24N2O6. The average molecular weight is 436 g/mol. The van der Waals surface area contributed by atoms with Gasteiger partial charge in [-0.3, -0.25) is 14.4 Å². The van der Waals surface area contributed by atoms with Gasteiger partial charge in [-0.25, -0.2) is 0 Å². The van der Waals surface area contributed by atoms with E-state index < -0.39 is 0 Å². The second-order valence-corrected chi connectivity index (χ2v) is 7.54. The number of methoxy groups -OCH3 is 1. The molecule has 4 rings (SSSR count). The van der Waals surface area contributed by atoms with Gasteiger partial charge in [-0.15, -0.1) is 0 Å². The van der Waals surface area contributed by atoms with Crippen molar-refractivity contribution in [3.05, 3.63) is 59.0 Å². The van der Waals surface area contributed by atoms with Gasteiger partial charge in [0.2, 0.25) is 5.91 Å². The number of rotatable bonds is 5. The molecule has 0 N–H and O–H groups in total. The molecule has 0 radical (unpaired) electrons. The van der Waals surface area contributed by atoms with Gasteiger partial charge in [0.15, 0.2) is 12.0 Å². The van der Waals surface area contributed by atoms with E-state index >= 15 is 0 Å². The maximum Gasteiger partial charge on any atom is 0.260 e. The zero-order valence-corrected chi connectivity index (χ0v) is 18.0. The molecule has 0 aliphatic carbocycles. The number of amides is 2. The molecule has 1 aliphatic heterocycles. The molecule has 0 unspecified atom stereocenters. The minimum Gasteiger partial charge on any atom is -0.497 e. The minimum absolute atomic E-state index is 0.0150. The Morgan fingerprint density at radius 3 is 2.28 bits per heavy atom. The number of ether oxygens (including phenoxy) is 2. The van der Waals surface area contributed by atoms with Crippen molar-refractivity contribution in [1.82, 2.24) is 9.80 Å². The third kappa shape index (κ3) is 4.44. The summed E-state index contributed by atoms with van der Waals surface area (Å²) in [6.45, 7) is 3.43. The predicted octanol–water partition coefficient (Wildman–Crippen LogP) is 2.54. The Morgan fingerprint density at radius 1 is 0.969 bits per heavy atom. The highest BCUT2D eigenvalue weighted by Gasteiger charge is 2.22. The Kier molecular flexibility index (Phi) is 6.11. The molecule has 2 aromatic carbocycles. The summed E-state index contributed by atoms with van der Waals surface area (Å²) >= 11 is 0. The summed E-state index contributed by atoms with van der Waals surface area (Å²) in [4.78, 5) is 40.2. The normalized spacial score (nSPS) is 13.8. The SMILES string of the molecule is COc1ccc(-c2coc3cc(OCC(=O)N4CCN(C(C)=O)CC4)ccc3c2=O)cc1. The molecule has 1 fully saturated rings. The summed E-state index contributed by atoms with van der Waals surface area (Å²) in [7, 11) is 1.58. The van der Waals surface area contributed by atoms with Gasteiger partial charge in [0.25, 0.3) is 5.91 Å². The fourth-order valence-electron chi connectivity index (χ4n) is 3.68. The van der Waals surface area contributed by atoms with Gasteiger partial charge in [-0.05, 0) is 29.8 Å². The molecule has 166 valence electrons. The zero-order chi connectivity index (χ0) is 22.7. The minimum atomic E-state index is -0.151. The van der Waals surface area contributed by atoms with Crippen LogP contribution in [-0.4, -0.2) is 61.5 Å². The van der Waals surface area contributed by atoms with Crippen molar-refractivity contribution < 1.29 is 23.5 Å². The van der Waals surface area contributed by atoms with Crippen molar-refractivity contribution in [2.45, 2.75) is 6.92 Å². The van der Waals surface area contributed by atoms with E-state index in [2.05, 4.69) is 0 Å². The molecule has 1 aliphatic rings. The van der Waals surface area contributed by atoms with Crippen LogP contribution in [0.4, 0.5) is 0 Å². The zero-order valence-electron chi connectivity index (χ0n) is 18.0. The van der Waals surface area contributed by atoms with Crippen molar-refractivity contribution >= 4 is 22.8 Å². The number of carbonyl (C=O) groups is 2. The monoisotopic (exact) mass is 436 g/mol. The Morgan fingerprint density at radius 2 is 1.62 bits per heavy atom. The first-order chi connectivity index (χ1) is 15.5. The number of hydrogen-bond acceptors (Lipinski definition) is 6. The van der Waals surface area contributed by atoms with Crippen LogP contribution < -0.4 is 14.9 Å². The van der Waals surface area contributed by atoms with Crippen molar-refractivity contribution in [1.29, 1.82) is 0 Å². The number of piperazine rings is 1. The lowest BCUT2D eigenvalue weighted by Crippen LogP contribution is -2.51. The van der Waals surface area contributed by atoms with E-state index in [9.17, 15) is 14.4 Å². The van der Waals surface area contributed by atoms with E-state index in [1.165, 1.54) is 13.2 Å². The van der Waals surface area contributed by atoms with Gasteiger partial charge >= 0.3 is 0 Å². The van der Waals surface area contributed by atoms with E-state index in [1.54, 1.807) is 59.4 Å². The van der Waals surface area contributed by atoms with Crippen molar-refractivity contribution in [2.24, 2.45) is 0 Å². The summed E-state index contributed by atoms with van der Waals surface area (Å²) in [5, 5.41) is 0.428. The molecule has 0 spiro atoms. The highest BCUT2D eigenvalue weighted by atomic mass is 16.5. The van der Waals surface area contributed by atoms with Gasteiger partial charge in [-0.2, -0.15) is 0 Å². The lowest BCUT2D eigenvalue weighted by Gasteiger charge is -2.34. The molecule has 3 aromatic rings. The largest absolute Gasteiger partial charge is 0.497 e. The standard InChI is InChI=1S/C24H24N2O6/c1-16(27)25-9-11-26(12-10-25)23(28)15-31-19-7-8-20-22(13-19)32-14-21(24(20)29)17-3-5-18(30-2)6-4-17/h3-8,13-14H,9-12,15H2,1-2H3. The first kappa shape index (κ1) is 21.4. The summed E-state index contributed by atoms with van der Waals surface area (Å²) in [5.41, 5.74) is 1.42. The van der Waals surface area contributed by atoms with E-state index in [0.29, 0.717) is 54.2 Å². The molecule has 8 nitrogen and oxygen atoms in total. The van der Waals surface area contributed by atoms with Crippen LogP contribution in [-0.2, 0) is 9.59 Å². The molecule has 2 heterocycles. The Labute approximate surface area is 184 Å². The summed E-state index contributed by atoms with van der Waals surface area (Å²) in [6, 6.07) is 12.1. The van der Waals surface area contributed by atoms with Crippen LogP contribution in [0.25, 0.3) is 22.1 Å². The van der Waals surface area contributed by atoms with Gasteiger partial charge < -0.3 is 23.7 Å². The number of hydrogen-bond donors (Lipinski definition) is 0. The third-order valence-corrected chi connectivity index (χ3v) is 5.59. The second-order valence-electron chi connectivity index (χ2n) is 7.54. The molecule has 32 heavy (non-hydrogen) atoms. The van der Waals surface area contributed by atoms with Gasteiger partial charge in [-0.1, -0.05) is 12.1 Å². The Balaban J connectivity index is 1.44. The van der Waals surface area contributed by atoms with Gasteiger partial charge in [0, 0.05) is 39.2 Å². The van der Waals surface area contributed by atoms with Crippen LogP contribution >= 0.6 is 0 Å². The highest BCUT2D eigenvalue weighted by Crippen LogP contribution is 2.24. The van der Waals surface area contributed by atoms with E-state index in [4.69, 9.17) is 13.9 Å². The van der Waals surface area contributed by atoms with E-state index in [0.717, 1.165) is 5.56 Å². The highest BCUT2D eigenvalue weighted by molar-refractivity contribution is 5.83. The second kappa shape index (κ2) is 9.13. The van der Waals surface area contributed by atoms with Crippen LogP contribution in [0.2, 0.25) is 0 Å². The summed E-state index contributed by atoms with van der Waals surface area (Å²) < 4.78 is 16.5. The van der Waals surface area contributed by atoms with Crippen LogP contribution in [0.3, 0.4) is 0 Å². The summed E-state index contributed by atoms with van der Waals surface area (Å²) in [6.07, 6.45) is 1.43. The van der Waals surface area contributed by atoms with Gasteiger partial charge in [0.1, 0.15) is 23.3 Å². The topological polar surface area (TPSA) is 89.3 Å². The van der Waals surface area contributed by atoms with Crippen LogP contribution in [0.1, 0.15) is 6.92 Å². The predicted molar refractivity (Wildman–Crippen MR) is 119 cm³/mol. The smallest absolute Gasteiger partial charge is 0.260 e.